The third-order valence-electron chi connectivity index (χ3n) is 4.35. The Hall–Kier alpha value is -1.99. The van der Waals surface area contributed by atoms with E-state index in [1.807, 2.05) is 20.9 Å². The molecule has 1 saturated heterocycles. The van der Waals surface area contributed by atoms with E-state index in [1.165, 1.54) is 0 Å². The zero-order chi connectivity index (χ0) is 16.6. The van der Waals surface area contributed by atoms with Crippen molar-refractivity contribution in [3.8, 4) is 0 Å². The number of amides is 1. The van der Waals surface area contributed by atoms with Gasteiger partial charge >= 0.3 is 0 Å². The number of nitrogens with one attached hydrogen (secondary N) is 1. The number of carbonyl (C=O) groups excluding carboxylic acids is 1. The average molecular weight is 318 g/mol. The number of rotatable bonds is 3. The molecule has 0 bridgehead atoms. The summed E-state index contributed by atoms with van der Waals surface area (Å²) in [6.07, 6.45) is 1.52. The van der Waals surface area contributed by atoms with Crippen LogP contribution in [0.3, 0.4) is 0 Å². The molecule has 7 heteroatoms. The first-order chi connectivity index (χ1) is 11.0. The molecule has 0 aromatic carbocycles. The molecule has 2 N–H and O–H groups in total. The molecule has 124 valence electrons. The van der Waals surface area contributed by atoms with Gasteiger partial charge in [0.1, 0.15) is 0 Å². The third-order valence-corrected chi connectivity index (χ3v) is 4.35. The predicted octanol–water partition coefficient (Wildman–Crippen LogP) is 0.856. The van der Waals surface area contributed by atoms with Crippen molar-refractivity contribution in [3.05, 3.63) is 23.0 Å². The fourth-order valence-corrected chi connectivity index (χ4v) is 3.17. The number of fused-ring (bicyclic) bond motifs is 1. The molecule has 0 aliphatic carbocycles. The summed E-state index contributed by atoms with van der Waals surface area (Å²) in [5.74, 6) is -0.226. The minimum atomic E-state index is -0.713. The Morgan fingerprint density at radius 1 is 1.52 bits per heavy atom. The Morgan fingerprint density at radius 2 is 2.30 bits per heavy atom. The molecule has 3 rings (SSSR count). The number of pyridine rings is 1. The molecule has 1 atom stereocenters. The zero-order valence-corrected chi connectivity index (χ0v) is 13.7. The van der Waals surface area contributed by atoms with E-state index in [1.54, 1.807) is 10.7 Å². The van der Waals surface area contributed by atoms with E-state index < -0.39 is 5.54 Å². The molecule has 1 amide bonds. The van der Waals surface area contributed by atoms with Crippen LogP contribution in [-0.2, 0) is 11.8 Å². The SMILES string of the molecule is Cc1cc(C(=O)NC2(CO)CCCOC2)c2c(C)nn(C)c2n1. The number of ether oxygens (including phenoxy) is 1. The molecule has 0 saturated carbocycles. The highest BCUT2D eigenvalue weighted by Crippen LogP contribution is 2.24. The molecular formula is C16H22N4O3. The van der Waals surface area contributed by atoms with Crippen molar-refractivity contribution in [1.29, 1.82) is 0 Å². The van der Waals surface area contributed by atoms with Gasteiger partial charge in [-0.05, 0) is 32.8 Å². The highest BCUT2D eigenvalue weighted by Gasteiger charge is 2.34. The summed E-state index contributed by atoms with van der Waals surface area (Å²) in [7, 11) is 1.81. The Balaban J connectivity index is 2.00. The number of hydrogen-bond acceptors (Lipinski definition) is 5. The average Bonchev–Trinajstić information content (AvgIpc) is 2.82. The molecule has 0 radical (unpaired) electrons. The van der Waals surface area contributed by atoms with Gasteiger partial charge in [-0.2, -0.15) is 5.10 Å². The lowest BCUT2D eigenvalue weighted by atomic mass is 9.92. The summed E-state index contributed by atoms with van der Waals surface area (Å²) in [5, 5.41) is 17.8. The first-order valence-corrected chi connectivity index (χ1v) is 7.78. The summed E-state index contributed by atoms with van der Waals surface area (Å²) in [5.41, 5.74) is 2.03. The van der Waals surface area contributed by atoms with Crippen molar-refractivity contribution in [3.63, 3.8) is 0 Å². The van der Waals surface area contributed by atoms with E-state index in [2.05, 4.69) is 15.4 Å². The topological polar surface area (TPSA) is 89.3 Å². The van der Waals surface area contributed by atoms with Crippen molar-refractivity contribution < 1.29 is 14.6 Å². The van der Waals surface area contributed by atoms with Crippen molar-refractivity contribution in [1.82, 2.24) is 20.1 Å². The second-order valence-corrected chi connectivity index (χ2v) is 6.27. The number of carbonyl (C=O) groups is 1. The van der Waals surface area contributed by atoms with Crippen molar-refractivity contribution >= 4 is 16.9 Å². The standard InChI is InChI=1S/C16H22N4O3/c1-10-7-12(13-11(2)19-20(3)14(13)17-10)15(22)18-16(8-21)5-4-6-23-9-16/h7,21H,4-6,8-9H2,1-3H3,(H,18,22). The molecule has 1 unspecified atom stereocenters. The molecule has 1 aliphatic rings. The lowest BCUT2D eigenvalue weighted by Gasteiger charge is -2.36. The highest BCUT2D eigenvalue weighted by molar-refractivity contribution is 6.06. The summed E-state index contributed by atoms with van der Waals surface area (Å²) in [6, 6.07) is 1.76. The van der Waals surface area contributed by atoms with Crippen LogP contribution < -0.4 is 5.32 Å². The van der Waals surface area contributed by atoms with Gasteiger partial charge in [-0.3, -0.25) is 9.48 Å². The maximum atomic E-state index is 12.9. The van der Waals surface area contributed by atoms with E-state index in [9.17, 15) is 9.90 Å². The summed E-state index contributed by atoms with van der Waals surface area (Å²) in [4.78, 5) is 17.3. The minimum absolute atomic E-state index is 0.141. The molecular weight excluding hydrogens is 296 g/mol. The van der Waals surface area contributed by atoms with Gasteiger partial charge in [-0.15, -0.1) is 0 Å². The monoisotopic (exact) mass is 318 g/mol. The maximum Gasteiger partial charge on any atom is 0.252 e. The highest BCUT2D eigenvalue weighted by atomic mass is 16.5. The predicted molar refractivity (Wildman–Crippen MR) is 85.3 cm³/mol. The van der Waals surface area contributed by atoms with Crippen LogP contribution in [0.25, 0.3) is 11.0 Å². The molecule has 0 spiro atoms. The summed E-state index contributed by atoms with van der Waals surface area (Å²) in [6.45, 7) is 4.57. The Morgan fingerprint density at radius 3 is 2.96 bits per heavy atom. The van der Waals surface area contributed by atoms with Crippen LogP contribution in [0, 0.1) is 13.8 Å². The van der Waals surface area contributed by atoms with E-state index in [4.69, 9.17) is 4.74 Å². The van der Waals surface area contributed by atoms with Gasteiger partial charge in [0, 0.05) is 19.3 Å². The Kier molecular flexibility index (Phi) is 4.08. The van der Waals surface area contributed by atoms with Gasteiger partial charge in [0.25, 0.3) is 5.91 Å². The van der Waals surface area contributed by atoms with Gasteiger partial charge in [-0.25, -0.2) is 4.98 Å². The van der Waals surface area contributed by atoms with E-state index >= 15 is 0 Å². The van der Waals surface area contributed by atoms with Gasteiger partial charge in [-0.1, -0.05) is 0 Å². The Bertz CT molecular complexity index is 747. The number of nitrogens with zero attached hydrogens (tertiary/aromatic N) is 3. The van der Waals surface area contributed by atoms with Gasteiger partial charge in [0.15, 0.2) is 5.65 Å². The quantitative estimate of drug-likeness (QED) is 0.876. The molecule has 7 nitrogen and oxygen atoms in total. The van der Waals surface area contributed by atoms with Crippen LogP contribution in [-0.4, -0.2) is 51.1 Å². The summed E-state index contributed by atoms with van der Waals surface area (Å²) < 4.78 is 7.13. The van der Waals surface area contributed by atoms with Crippen molar-refractivity contribution in [2.75, 3.05) is 19.8 Å². The largest absolute Gasteiger partial charge is 0.394 e. The van der Waals surface area contributed by atoms with Gasteiger partial charge in [0.05, 0.1) is 35.4 Å². The second kappa shape index (κ2) is 5.90. The van der Waals surface area contributed by atoms with Crippen LogP contribution in [0.1, 0.15) is 34.6 Å². The van der Waals surface area contributed by atoms with Crippen LogP contribution in [0.5, 0.6) is 0 Å². The van der Waals surface area contributed by atoms with E-state index in [0.717, 1.165) is 23.2 Å². The van der Waals surface area contributed by atoms with Gasteiger partial charge < -0.3 is 15.2 Å². The van der Waals surface area contributed by atoms with Crippen LogP contribution >= 0.6 is 0 Å². The molecule has 2 aromatic heterocycles. The maximum absolute atomic E-state index is 12.9. The smallest absolute Gasteiger partial charge is 0.252 e. The normalized spacial score (nSPS) is 21.6. The van der Waals surface area contributed by atoms with Crippen molar-refractivity contribution in [2.24, 2.45) is 7.05 Å². The molecule has 23 heavy (non-hydrogen) atoms. The van der Waals surface area contributed by atoms with E-state index in [0.29, 0.717) is 30.8 Å². The molecule has 1 fully saturated rings. The van der Waals surface area contributed by atoms with Gasteiger partial charge in [0.2, 0.25) is 0 Å². The lowest BCUT2D eigenvalue weighted by molar-refractivity contribution is -0.00535. The number of aromatic nitrogens is 3. The fraction of sp³-hybridized carbons (Fsp3) is 0.562. The fourth-order valence-electron chi connectivity index (χ4n) is 3.17. The first kappa shape index (κ1) is 15.9. The molecule has 1 aliphatic heterocycles. The minimum Gasteiger partial charge on any atom is -0.394 e. The molecule has 3 heterocycles. The number of hydrogen-bond donors (Lipinski definition) is 2. The van der Waals surface area contributed by atoms with Crippen LogP contribution in [0.15, 0.2) is 6.07 Å². The number of aryl methyl sites for hydroxylation is 3. The van der Waals surface area contributed by atoms with E-state index in [-0.39, 0.29) is 12.5 Å². The number of aliphatic hydroxyl groups is 1. The zero-order valence-electron chi connectivity index (χ0n) is 13.7. The molecule has 2 aromatic rings. The third kappa shape index (κ3) is 2.82. The lowest BCUT2D eigenvalue weighted by Crippen LogP contribution is -2.56. The number of aliphatic hydroxyl groups excluding tert-OH is 1. The van der Waals surface area contributed by atoms with Crippen LogP contribution in [0.4, 0.5) is 0 Å². The summed E-state index contributed by atoms with van der Waals surface area (Å²) >= 11 is 0. The van der Waals surface area contributed by atoms with Crippen molar-refractivity contribution in [2.45, 2.75) is 32.2 Å². The van der Waals surface area contributed by atoms with Crippen LogP contribution in [0.2, 0.25) is 0 Å². The second-order valence-electron chi connectivity index (χ2n) is 6.27. The first-order valence-electron chi connectivity index (χ1n) is 7.78. The Labute approximate surface area is 134 Å².